The number of amidine groups is 1. The maximum Gasteiger partial charge on any atom is 0.410 e. The van der Waals surface area contributed by atoms with Gasteiger partial charge in [0, 0.05) is 61.2 Å². The smallest absolute Gasteiger partial charge is 0.410 e. The van der Waals surface area contributed by atoms with Gasteiger partial charge in [-0.3, -0.25) is 0 Å². The van der Waals surface area contributed by atoms with Crippen LogP contribution < -0.4 is 21.3 Å². The Morgan fingerprint density at radius 1 is 1.17 bits per heavy atom. The standard InChI is InChI=1S/C32H46N10O3S/c1-19-15-39(6)11-8-12-41(19)29-36-22(27(34)38-45-32(5)10-7-9-24-26(32)21(14-33)28(35)46-24)13-25(37-29)42-17-20-16-40(18-23(20)42)30(43)44-31(2,3)4/h13,19-20,23H,7-12,15-18,35H2,1-6H3,(H2,34,38)/t19-,20+,23+,32-/m0/s1. The highest BCUT2D eigenvalue weighted by molar-refractivity contribution is 7.16. The molecule has 1 amide bonds. The molecular formula is C32H46N10O3S. The van der Waals surface area contributed by atoms with Crippen molar-refractivity contribution in [2.45, 2.75) is 83.6 Å². The van der Waals surface area contributed by atoms with Crippen LogP contribution in [0.4, 0.5) is 21.6 Å². The second-order valence-electron chi connectivity index (χ2n) is 14.3. The highest BCUT2D eigenvalue weighted by atomic mass is 32.1. The number of carbonyl (C=O) groups excluding carboxylic acids is 1. The summed E-state index contributed by atoms with van der Waals surface area (Å²) in [5.74, 6) is 1.82. The number of aromatic nitrogens is 2. The third-order valence-electron chi connectivity index (χ3n) is 9.50. The predicted molar refractivity (Wildman–Crippen MR) is 179 cm³/mol. The summed E-state index contributed by atoms with van der Waals surface area (Å²) in [6, 6.07) is 4.44. The molecule has 5 heterocycles. The minimum absolute atomic E-state index is 0.123. The van der Waals surface area contributed by atoms with Gasteiger partial charge < -0.3 is 40.6 Å². The number of carbonyl (C=O) groups is 1. The summed E-state index contributed by atoms with van der Waals surface area (Å²) in [4.78, 5) is 38.7. The third-order valence-corrected chi connectivity index (χ3v) is 10.6. The number of likely N-dealkylation sites (tertiary alicyclic amines) is 1. The maximum absolute atomic E-state index is 12.8. The molecule has 2 aromatic rings. The molecule has 4 N–H and O–H groups in total. The normalized spacial score (nSPS) is 26.9. The molecule has 3 fully saturated rings. The topological polar surface area (TPSA) is 162 Å². The number of thiophene rings is 1. The quantitative estimate of drug-likeness (QED) is 0.277. The number of ether oxygens (including phenoxy) is 1. The molecule has 6 rings (SSSR count). The van der Waals surface area contributed by atoms with Crippen molar-refractivity contribution in [1.29, 1.82) is 5.26 Å². The molecule has 0 unspecified atom stereocenters. The minimum atomic E-state index is -0.834. The lowest BCUT2D eigenvalue weighted by Gasteiger charge is -2.44. The van der Waals surface area contributed by atoms with E-state index in [9.17, 15) is 10.1 Å². The summed E-state index contributed by atoms with van der Waals surface area (Å²) < 4.78 is 5.65. The largest absolute Gasteiger partial charge is 0.444 e. The van der Waals surface area contributed by atoms with Gasteiger partial charge in [-0.1, -0.05) is 5.16 Å². The fourth-order valence-corrected chi connectivity index (χ4v) is 8.40. The minimum Gasteiger partial charge on any atom is -0.444 e. The fraction of sp³-hybridized carbons (Fsp3) is 0.656. The molecular weight excluding hydrogens is 604 g/mol. The SMILES string of the molecule is C[C@H]1CN(C)CCCN1c1nc(/C(N)=N/O[C@@]2(C)CCCc3sc(N)c(C#N)c32)cc(N2C[C@H]3CN(C(=O)OC(C)(C)C)C[C@H]32)n1. The number of oxime groups is 1. The lowest BCUT2D eigenvalue weighted by molar-refractivity contribution is -0.0458. The number of amides is 1. The molecule has 46 heavy (non-hydrogen) atoms. The molecule has 4 atom stereocenters. The van der Waals surface area contributed by atoms with E-state index in [1.807, 2.05) is 33.8 Å². The lowest BCUT2D eigenvalue weighted by atomic mass is 9.82. The summed E-state index contributed by atoms with van der Waals surface area (Å²) >= 11 is 1.45. The first-order chi connectivity index (χ1) is 21.8. The number of fused-ring (bicyclic) bond motifs is 2. The van der Waals surface area contributed by atoms with Crippen LogP contribution in [0.2, 0.25) is 0 Å². The Balaban J connectivity index is 1.30. The van der Waals surface area contributed by atoms with E-state index in [-0.39, 0.29) is 24.0 Å². The van der Waals surface area contributed by atoms with E-state index >= 15 is 0 Å². The lowest BCUT2D eigenvalue weighted by Crippen LogP contribution is -2.56. The highest BCUT2D eigenvalue weighted by Crippen LogP contribution is 2.46. The van der Waals surface area contributed by atoms with Crippen LogP contribution in [-0.4, -0.2) is 95.7 Å². The van der Waals surface area contributed by atoms with Crippen molar-refractivity contribution in [2.75, 3.05) is 61.8 Å². The Kier molecular flexibility index (Phi) is 8.43. The zero-order valence-electron chi connectivity index (χ0n) is 27.7. The first kappa shape index (κ1) is 32.1. The van der Waals surface area contributed by atoms with Crippen molar-refractivity contribution in [2.24, 2.45) is 16.8 Å². The Hall–Kier alpha value is -3.83. The molecule has 0 aromatic carbocycles. The van der Waals surface area contributed by atoms with Gasteiger partial charge in [0.2, 0.25) is 5.95 Å². The summed E-state index contributed by atoms with van der Waals surface area (Å²) in [5.41, 5.74) is 13.2. The van der Waals surface area contributed by atoms with Crippen LogP contribution in [0, 0.1) is 17.2 Å². The first-order valence-electron chi connectivity index (χ1n) is 16.2. The molecule has 0 bridgehead atoms. The number of likely N-dealkylation sites (N-methyl/N-ethyl adjacent to an activating group) is 1. The Morgan fingerprint density at radius 3 is 2.70 bits per heavy atom. The zero-order chi connectivity index (χ0) is 33.0. The molecule has 2 aromatic heterocycles. The molecule has 248 valence electrons. The number of rotatable bonds is 5. The van der Waals surface area contributed by atoms with Gasteiger partial charge >= 0.3 is 6.09 Å². The highest BCUT2D eigenvalue weighted by Gasteiger charge is 2.49. The number of hydrogen-bond acceptors (Lipinski definition) is 12. The van der Waals surface area contributed by atoms with Crippen molar-refractivity contribution in [3.63, 3.8) is 0 Å². The van der Waals surface area contributed by atoms with Crippen LogP contribution in [-0.2, 0) is 21.6 Å². The van der Waals surface area contributed by atoms with Gasteiger partial charge in [0.1, 0.15) is 28.2 Å². The van der Waals surface area contributed by atoms with Crippen molar-refractivity contribution < 1.29 is 14.4 Å². The summed E-state index contributed by atoms with van der Waals surface area (Å²) in [6.45, 7) is 14.5. The molecule has 0 saturated carbocycles. The van der Waals surface area contributed by atoms with E-state index < -0.39 is 11.2 Å². The van der Waals surface area contributed by atoms with Crippen molar-refractivity contribution >= 4 is 40.0 Å². The van der Waals surface area contributed by atoms with Gasteiger partial charge in [0.25, 0.3) is 0 Å². The molecule has 4 aliphatic rings. The van der Waals surface area contributed by atoms with Gasteiger partial charge in [0.15, 0.2) is 11.4 Å². The van der Waals surface area contributed by atoms with Gasteiger partial charge in [-0.25, -0.2) is 9.78 Å². The van der Waals surface area contributed by atoms with Crippen LogP contribution in [0.5, 0.6) is 0 Å². The van der Waals surface area contributed by atoms with Crippen LogP contribution in [0.15, 0.2) is 11.2 Å². The molecule has 0 radical (unpaired) electrons. The van der Waals surface area contributed by atoms with E-state index in [1.165, 1.54) is 11.3 Å². The number of nitrogen functional groups attached to an aromatic ring is 1. The van der Waals surface area contributed by atoms with Crippen molar-refractivity contribution in [1.82, 2.24) is 19.8 Å². The molecule has 3 aliphatic heterocycles. The zero-order valence-corrected chi connectivity index (χ0v) is 28.6. The second-order valence-corrected chi connectivity index (χ2v) is 15.5. The average Bonchev–Trinajstić information content (AvgIpc) is 3.42. The first-order valence-corrected chi connectivity index (χ1v) is 17.0. The van der Waals surface area contributed by atoms with E-state index in [2.05, 4.69) is 39.9 Å². The molecule has 13 nitrogen and oxygen atoms in total. The van der Waals surface area contributed by atoms with E-state index in [0.29, 0.717) is 47.6 Å². The average molecular weight is 651 g/mol. The molecule has 14 heteroatoms. The third kappa shape index (κ3) is 6.14. The van der Waals surface area contributed by atoms with Gasteiger partial charge in [-0.15, -0.1) is 11.3 Å². The number of nitrogens with two attached hydrogens (primary N) is 2. The summed E-state index contributed by atoms with van der Waals surface area (Å²) in [6.07, 6.45) is 3.14. The van der Waals surface area contributed by atoms with Crippen LogP contribution in [0.3, 0.4) is 0 Å². The molecule has 0 spiro atoms. The number of aryl methyl sites for hydroxylation is 1. The predicted octanol–water partition coefficient (Wildman–Crippen LogP) is 3.47. The maximum atomic E-state index is 12.8. The number of anilines is 3. The Morgan fingerprint density at radius 2 is 1.96 bits per heavy atom. The van der Waals surface area contributed by atoms with Crippen LogP contribution >= 0.6 is 11.3 Å². The monoisotopic (exact) mass is 650 g/mol. The van der Waals surface area contributed by atoms with Crippen molar-refractivity contribution in [3.05, 3.63) is 27.8 Å². The van der Waals surface area contributed by atoms with Crippen LogP contribution in [0.25, 0.3) is 0 Å². The van der Waals surface area contributed by atoms with E-state index in [4.69, 9.17) is 31.0 Å². The van der Waals surface area contributed by atoms with E-state index in [1.54, 1.807) is 4.90 Å². The summed E-state index contributed by atoms with van der Waals surface area (Å²) in [7, 11) is 2.14. The fourth-order valence-electron chi connectivity index (χ4n) is 7.22. The van der Waals surface area contributed by atoms with Gasteiger partial charge in [-0.05, 0) is 73.9 Å². The molecule has 3 saturated heterocycles. The second kappa shape index (κ2) is 12.1. The van der Waals surface area contributed by atoms with Gasteiger partial charge in [-0.2, -0.15) is 10.2 Å². The number of nitrogens with zero attached hydrogens (tertiary/aromatic N) is 8. The van der Waals surface area contributed by atoms with E-state index in [0.717, 1.165) is 61.7 Å². The number of hydrogen-bond donors (Lipinski definition) is 2. The van der Waals surface area contributed by atoms with Gasteiger partial charge in [0.05, 0.1) is 11.6 Å². The van der Waals surface area contributed by atoms with Crippen molar-refractivity contribution in [3.8, 4) is 6.07 Å². The Bertz CT molecular complexity index is 1560. The summed E-state index contributed by atoms with van der Waals surface area (Å²) in [5, 5.41) is 14.8. The number of nitriles is 1. The Labute approximate surface area is 275 Å². The molecule has 1 aliphatic carbocycles. The van der Waals surface area contributed by atoms with Crippen LogP contribution in [0.1, 0.15) is 75.6 Å².